The first-order valence-corrected chi connectivity index (χ1v) is 10.4. The average Bonchev–Trinajstić information content (AvgIpc) is 3.08. The number of para-hydroxylation sites is 2. The molecule has 0 aliphatic heterocycles. The number of ketones is 1. The van der Waals surface area contributed by atoms with Gasteiger partial charge in [-0.3, -0.25) is 9.20 Å². The van der Waals surface area contributed by atoms with Gasteiger partial charge in [-0.25, -0.2) is 4.98 Å². The predicted octanol–water partition coefficient (Wildman–Crippen LogP) is 5.57. The summed E-state index contributed by atoms with van der Waals surface area (Å²) in [6, 6.07) is 16.1. The van der Waals surface area contributed by atoms with Gasteiger partial charge in [0.15, 0.2) is 11.4 Å². The quantitative estimate of drug-likeness (QED) is 0.333. The van der Waals surface area contributed by atoms with Crippen LogP contribution in [-0.2, 0) is 0 Å². The van der Waals surface area contributed by atoms with E-state index in [1.54, 1.807) is 0 Å². The fourth-order valence-electron chi connectivity index (χ4n) is 3.64. The molecule has 0 bridgehead atoms. The Hall–Kier alpha value is -3.10. The summed E-state index contributed by atoms with van der Waals surface area (Å²) in [7, 11) is 0. The van der Waals surface area contributed by atoms with Crippen LogP contribution in [0.3, 0.4) is 0 Å². The van der Waals surface area contributed by atoms with Crippen LogP contribution in [0.5, 0.6) is 0 Å². The summed E-state index contributed by atoms with van der Waals surface area (Å²) in [6.45, 7) is 7.99. The third-order valence-electron chi connectivity index (χ3n) is 5.34. The summed E-state index contributed by atoms with van der Waals surface area (Å²) in [5, 5.41) is 10.5. The van der Waals surface area contributed by atoms with Crippen molar-refractivity contribution in [1.29, 1.82) is 5.26 Å². The molecule has 2 heterocycles. The number of hydrogen-bond donors (Lipinski definition) is 0. The van der Waals surface area contributed by atoms with Crippen molar-refractivity contribution in [2.24, 2.45) is 0 Å². The molecule has 5 heteroatoms. The highest BCUT2D eigenvalue weighted by Crippen LogP contribution is 2.30. The average molecular weight is 400 g/mol. The Morgan fingerprint density at radius 3 is 2.52 bits per heavy atom. The summed E-state index contributed by atoms with van der Waals surface area (Å²) in [5.74, 6) is 0.436. The number of thioether (sulfide) groups is 1. The molecule has 0 aliphatic carbocycles. The van der Waals surface area contributed by atoms with E-state index in [2.05, 4.69) is 24.0 Å². The minimum atomic E-state index is 0.107. The standard InChI is InChI=1S/C24H21N3OS/c1-14-9-16(3)18(10-15(14)2)22(28)13-29-23-11-17(4)19(12-25)24-26-20-7-5-6-8-21(20)27(23)24/h5-11H,13H2,1-4H3. The van der Waals surface area contributed by atoms with E-state index < -0.39 is 0 Å². The fraction of sp³-hybridized carbons (Fsp3) is 0.208. The van der Waals surface area contributed by atoms with Crippen LogP contribution in [0, 0.1) is 39.0 Å². The molecule has 0 aliphatic rings. The van der Waals surface area contributed by atoms with Crippen molar-refractivity contribution in [2.45, 2.75) is 32.7 Å². The lowest BCUT2D eigenvalue weighted by molar-refractivity contribution is 0.102. The van der Waals surface area contributed by atoms with Crippen LogP contribution in [0.25, 0.3) is 16.7 Å². The second kappa shape index (κ2) is 7.38. The van der Waals surface area contributed by atoms with E-state index in [9.17, 15) is 10.1 Å². The number of fused-ring (bicyclic) bond motifs is 3. The third kappa shape index (κ3) is 3.30. The van der Waals surface area contributed by atoms with Crippen LogP contribution in [-0.4, -0.2) is 20.9 Å². The molecule has 0 saturated carbocycles. The molecule has 0 saturated heterocycles. The van der Waals surface area contributed by atoms with E-state index in [1.165, 1.54) is 17.3 Å². The van der Waals surface area contributed by atoms with Crippen molar-refractivity contribution in [2.75, 3.05) is 5.75 Å². The molecule has 144 valence electrons. The number of nitrogens with zero attached hydrogens (tertiary/aromatic N) is 3. The minimum Gasteiger partial charge on any atom is -0.293 e. The van der Waals surface area contributed by atoms with Gasteiger partial charge in [-0.05, 0) is 74.2 Å². The van der Waals surface area contributed by atoms with Crippen LogP contribution < -0.4 is 0 Å². The number of aryl methyl sites for hydroxylation is 4. The SMILES string of the molecule is Cc1cc(C)c(C(=O)CSc2cc(C)c(C#N)c3nc4ccccc4n23)cc1C. The highest BCUT2D eigenvalue weighted by Gasteiger charge is 2.17. The lowest BCUT2D eigenvalue weighted by atomic mass is 9.99. The van der Waals surface area contributed by atoms with Gasteiger partial charge in [-0.1, -0.05) is 30.0 Å². The summed E-state index contributed by atoms with van der Waals surface area (Å²) in [5.41, 5.74) is 7.97. The molecule has 0 atom stereocenters. The maximum absolute atomic E-state index is 13.0. The molecule has 0 N–H and O–H groups in total. The van der Waals surface area contributed by atoms with Crippen molar-refractivity contribution in [3.8, 4) is 6.07 Å². The third-order valence-corrected chi connectivity index (χ3v) is 6.35. The van der Waals surface area contributed by atoms with Gasteiger partial charge in [-0.2, -0.15) is 5.26 Å². The number of pyridine rings is 1. The number of imidazole rings is 1. The van der Waals surface area contributed by atoms with Crippen molar-refractivity contribution < 1.29 is 4.79 Å². The smallest absolute Gasteiger partial charge is 0.173 e. The monoisotopic (exact) mass is 399 g/mol. The van der Waals surface area contributed by atoms with Crippen LogP contribution in [0.4, 0.5) is 0 Å². The van der Waals surface area contributed by atoms with Gasteiger partial charge in [0, 0.05) is 5.56 Å². The Kier molecular flexibility index (Phi) is 4.89. The number of rotatable bonds is 4. The molecule has 29 heavy (non-hydrogen) atoms. The highest BCUT2D eigenvalue weighted by molar-refractivity contribution is 8.00. The normalized spacial score (nSPS) is 11.1. The summed E-state index contributed by atoms with van der Waals surface area (Å²) < 4.78 is 1.99. The Balaban J connectivity index is 1.76. The van der Waals surface area contributed by atoms with Crippen molar-refractivity contribution in [1.82, 2.24) is 9.38 Å². The maximum atomic E-state index is 13.0. The second-order valence-electron chi connectivity index (χ2n) is 7.38. The molecule has 0 unspecified atom stereocenters. The topological polar surface area (TPSA) is 58.2 Å². The van der Waals surface area contributed by atoms with Gasteiger partial charge >= 0.3 is 0 Å². The molecular weight excluding hydrogens is 378 g/mol. The second-order valence-corrected chi connectivity index (χ2v) is 8.37. The van der Waals surface area contributed by atoms with E-state index in [-0.39, 0.29) is 5.78 Å². The first-order valence-electron chi connectivity index (χ1n) is 9.45. The first-order chi connectivity index (χ1) is 13.9. The van der Waals surface area contributed by atoms with Crippen LogP contribution in [0.1, 0.15) is 38.2 Å². The van der Waals surface area contributed by atoms with E-state index in [0.717, 1.165) is 38.3 Å². The van der Waals surface area contributed by atoms with Gasteiger partial charge in [0.25, 0.3) is 0 Å². The number of nitriles is 1. The number of carbonyl (C=O) groups excluding carboxylic acids is 1. The zero-order valence-corrected chi connectivity index (χ0v) is 17.7. The van der Waals surface area contributed by atoms with Crippen LogP contribution in [0.2, 0.25) is 0 Å². The summed E-state index contributed by atoms with van der Waals surface area (Å²) in [4.78, 5) is 17.6. The highest BCUT2D eigenvalue weighted by atomic mass is 32.2. The molecule has 0 spiro atoms. The maximum Gasteiger partial charge on any atom is 0.173 e. The molecule has 4 rings (SSSR count). The lowest BCUT2D eigenvalue weighted by Crippen LogP contribution is -2.07. The van der Waals surface area contributed by atoms with Crippen LogP contribution >= 0.6 is 11.8 Å². The molecule has 0 radical (unpaired) electrons. The zero-order chi connectivity index (χ0) is 20.7. The molecule has 4 aromatic rings. The number of aromatic nitrogens is 2. The number of Topliss-reactive ketones (excluding diaryl/α,β-unsaturated/α-hetero) is 1. The van der Waals surface area contributed by atoms with Gasteiger partial charge in [0.05, 0.1) is 27.4 Å². The van der Waals surface area contributed by atoms with E-state index in [4.69, 9.17) is 0 Å². The molecule has 0 amide bonds. The predicted molar refractivity (Wildman–Crippen MR) is 118 cm³/mol. The molecule has 2 aromatic carbocycles. The van der Waals surface area contributed by atoms with E-state index in [1.807, 2.05) is 61.6 Å². The Labute approximate surface area is 174 Å². The largest absolute Gasteiger partial charge is 0.293 e. The summed E-state index contributed by atoms with van der Waals surface area (Å²) >= 11 is 1.49. The van der Waals surface area contributed by atoms with Gasteiger partial charge < -0.3 is 0 Å². The van der Waals surface area contributed by atoms with Gasteiger partial charge in [0.2, 0.25) is 0 Å². The number of carbonyl (C=O) groups is 1. The minimum absolute atomic E-state index is 0.107. The van der Waals surface area contributed by atoms with E-state index >= 15 is 0 Å². The zero-order valence-electron chi connectivity index (χ0n) is 16.9. The van der Waals surface area contributed by atoms with Crippen molar-refractivity contribution >= 4 is 34.2 Å². The lowest BCUT2D eigenvalue weighted by Gasteiger charge is -2.11. The first kappa shape index (κ1) is 19.2. The molecule has 0 fully saturated rings. The fourth-order valence-corrected chi connectivity index (χ4v) is 4.65. The Morgan fingerprint density at radius 2 is 1.76 bits per heavy atom. The van der Waals surface area contributed by atoms with Gasteiger partial charge in [0.1, 0.15) is 6.07 Å². The Bertz CT molecular complexity index is 1330. The molecule has 2 aromatic heterocycles. The number of benzene rings is 2. The molecule has 4 nitrogen and oxygen atoms in total. The Morgan fingerprint density at radius 1 is 1.03 bits per heavy atom. The van der Waals surface area contributed by atoms with Gasteiger partial charge in [-0.15, -0.1) is 0 Å². The number of hydrogen-bond acceptors (Lipinski definition) is 4. The van der Waals surface area contributed by atoms with Crippen LogP contribution in [0.15, 0.2) is 47.5 Å². The summed E-state index contributed by atoms with van der Waals surface area (Å²) in [6.07, 6.45) is 0. The molecular formula is C24H21N3OS. The van der Waals surface area contributed by atoms with E-state index in [0.29, 0.717) is 17.0 Å². The van der Waals surface area contributed by atoms with Crippen molar-refractivity contribution in [3.05, 3.63) is 75.8 Å². The van der Waals surface area contributed by atoms with Crippen molar-refractivity contribution in [3.63, 3.8) is 0 Å².